The molecule has 2 aromatic carbocycles. The number of carbonyl (C=O) groups is 2. The van der Waals surface area contributed by atoms with Crippen molar-refractivity contribution in [2.45, 2.75) is 12.6 Å². The molecule has 0 spiro atoms. The number of hydrazine groups is 1. The molecule has 1 aliphatic heterocycles. The number of amides is 1. The normalized spacial score (nSPS) is 15.3. The molecular weight excluding hydrogens is 469 g/mol. The summed E-state index contributed by atoms with van der Waals surface area (Å²) in [6, 6.07) is 11.6. The first-order valence-corrected chi connectivity index (χ1v) is 10.9. The average molecular weight is 487 g/mol. The number of halogens is 1. The van der Waals surface area contributed by atoms with Crippen LogP contribution in [0.25, 0.3) is 33.0 Å². The Balaban J connectivity index is 1.65. The number of nitrogens with one attached hydrogen (secondary N) is 2. The summed E-state index contributed by atoms with van der Waals surface area (Å²) >= 11 is 0. The third-order valence-electron chi connectivity index (χ3n) is 6.40. The van der Waals surface area contributed by atoms with E-state index in [2.05, 4.69) is 10.3 Å². The van der Waals surface area contributed by atoms with Crippen LogP contribution in [0.2, 0.25) is 0 Å². The monoisotopic (exact) mass is 487 g/mol. The van der Waals surface area contributed by atoms with Crippen molar-refractivity contribution >= 4 is 45.1 Å². The van der Waals surface area contributed by atoms with Crippen molar-refractivity contribution in [2.75, 3.05) is 10.3 Å². The highest BCUT2D eigenvalue weighted by Crippen LogP contribution is 2.40. The Morgan fingerprint density at radius 3 is 2.75 bits per heavy atom. The number of nitrogens with two attached hydrogens (primary N) is 1. The molecule has 1 unspecified atom stereocenters. The second-order valence-electron chi connectivity index (χ2n) is 8.39. The second-order valence-corrected chi connectivity index (χ2v) is 8.39. The largest absolute Gasteiger partial charge is 0.477 e. The highest BCUT2D eigenvalue weighted by atomic mass is 19.1. The minimum Gasteiger partial charge on any atom is -0.477 e. The van der Waals surface area contributed by atoms with Crippen LogP contribution in [0.15, 0.2) is 70.2 Å². The van der Waals surface area contributed by atoms with E-state index in [0.29, 0.717) is 11.4 Å². The SMILES string of the molecule is NN1C(=O)C(Cn2c(C(=O)O)c(-c3ccc[nH]c3=O)c3c4occc4c(F)cc32)Nc2ccccc21. The molecule has 6 rings (SSSR count). The van der Waals surface area contributed by atoms with Crippen molar-refractivity contribution in [1.29, 1.82) is 0 Å². The van der Waals surface area contributed by atoms with Gasteiger partial charge >= 0.3 is 5.97 Å². The van der Waals surface area contributed by atoms with Gasteiger partial charge in [0.15, 0.2) is 0 Å². The number of hydrogen-bond donors (Lipinski definition) is 4. The molecule has 0 fully saturated rings. The Labute approximate surface area is 201 Å². The van der Waals surface area contributed by atoms with Crippen molar-refractivity contribution in [2.24, 2.45) is 5.84 Å². The fourth-order valence-electron chi connectivity index (χ4n) is 4.85. The number of para-hydroxylation sites is 2. The smallest absolute Gasteiger partial charge is 0.353 e. The van der Waals surface area contributed by atoms with Gasteiger partial charge in [-0.15, -0.1) is 0 Å². The number of benzene rings is 2. The molecular formula is C25H18FN5O5. The molecule has 1 amide bonds. The second kappa shape index (κ2) is 7.82. The number of hydrogen-bond acceptors (Lipinski definition) is 6. The van der Waals surface area contributed by atoms with Crippen LogP contribution in [0.4, 0.5) is 15.8 Å². The summed E-state index contributed by atoms with van der Waals surface area (Å²) in [5.74, 6) is 3.54. The molecule has 0 aliphatic carbocycles. The minimum absolute atomic E-state index is 0.0626. The molecule has 36 heavy (non-hydrogen) atoms. The molecule has 10 nitrogen and oxygen atoms in total. The standard InChI is InChI=1S/C25H18FN5O5/c26-14-10-18-20(22-12(14)7-9-36-22)19(13-4-3-8-28-23(13)32)21(25(34)35)30(18)11-16-24(33)31(27)17-6-2-1-5-15(17)29-16/h1-10,16,29H,11,27H2,(H,28,32)(H,34,35). The van der Waals surface area contributed by atoms with Gasteiger partial charge in [-0.3, -0.25) is 9.59 Å². The Morgan fingerprint density at radius 2 is 1.97 bits per heavy atom. The molecule has 5 aromatic rings. The topological polar surface area (TPSA) is 147 Å². The molecule has 3 aromatic heterocycles. The zero-order valence-electron chi connectivity index (χ0n) is 18.5. The van der Waals surface area contributed by atoms with E-state index in [1.54, 1.807) is 30.3 Å². The molecule has 1 aliphatic rings. The van der Waals surface area contributed by atoms with Crippen LogP contribution in [-0.2, 0) is 11.3 Å². The molecule has 0 bridgehead atoms. The molecule has 1 atom stereocenters. The van der Waals surface area contributed by atoms with Crippen molar-refractivity contribution < 1.29 is 23.5 Å². The average Bonchev–Trinajstić information content (AvgIpc) is 3.47. The van der Waals surface area contributed by atoms with Crippen LogP contribution in [0.3, 0.4) is 0 Å². The summed E-state index contributed by atoms with van der Waals surface area (Å²) < 4.78 is 21.9. The lowest BCUT2D eigenvalue weighted by atomic mass is 10.0. The maximum absolute atomic E-state index is 15.1. The molecule has 4 heterocycles. The minimum atomic E-state index is -1.36. The van der Waals surface area contributed by atoms with Crippen molar-refractivity contribution in [3.05, 3.63) is 82.9 Å². The van der Waals surface area contributed by atoms with Crippen molar-refractivity contribution in [3.8, 4) is 11.1 Å². The molecule has 0 radical (unpaired) electrons. The zero-order chi connectivity index (χ0) is 25.1. The first-order chi connectivity index (χ1) is 17.4. The van der Waals surface area contributed by atoms with Crippen molar-refractivity contribution in [3.63, 3.8) is 0 Å². The van der Waals surface area contributed by atoms with Gasteiger partial charge in [-0.2, -0.15) is 0 Å². The summed E-state index contributed by atoms with van der Waals surface area (Å²) in [4.78, 5) is 41.1. The number of H-pyrrole nitrogens is 1. The number of aromatic carboxylic acids is 1. The van der Waals surface area contributed by atoms with Gasteiger partial charge < -0.3 is 24.4 Å². The zero-order valence-corrected chi connectivity index (χ0v) is 18.5. The van der Waals surface area contributed by atoms with E-state index in [1.165, 1.54) is 35.2 Å². The number of carboxylic acid groups (broad SMARTS) is 1. The predicted molar refractivity (Wildman–Crippen MR) is 130 cm³/mol. The quantitative estimate of drug-likeness (QED) is 0.225. The molecule has 180 valence electrons. The summed E-state index contributed by atoms with van der Waals surface area (Å²) in [7, 11) is 0. The number of pyridine rings is 1. The fraction of sp³-hybridized carbons (Fsp3) is 0.0800. The predicted octanol–water partition coefficient (Wildman–Crippen LogP) is 3.28. The van der Waals surface area contributed by atoms with Gasteiger partial charge in [0, 0.05) is 11.8 Å². The molecule has 5 N–H and O–H groups in total. The van der Waals surface area contributed by atoms with Crippen LogP contribution in [0.1, 0.15) is 10.5 Å². The van der Waals surface area contributed by atoms with Gasteiger partial charge in [-0.05, 0) is 36.4 Å². The molecule has 11 heteroatoms. The number of carbonyl (C=O) groups excluding carboxylic acids is 1. The summed E-state index contributed by atoms with van der Waals surface area (Å²) in [6.07, 6.45) is 2.71. The Kier molecular flexibility index (Phi) is 4.70. The Bertz CT molecular complexity index is 1770. The molecule has 0 saturated carbocycles. The first-order valence-electron chi connectivity index (χ1n) is 10.9. The van der Waals surface area contributed by atoms with Gasteiger partial charge in [0.05, 0.1) is 46.0 Å². The number of aromatic nitrogens is 2. The van der Waals surface area contributed by atoms with E-state index in [1.807, 2.05) is 0 Å². The van der Waals surface area contributed by atoms with E-state index >= 15 is 4.39 Å². The number of furan rings is 1. The van der Waals surface area contributed by atoms with E-state index in [-0.39, 0.29) is 45.2 Å². The number of aromatic amines is 1. The maximum atomic E-state index is 15.1. The van der Waals surface area contributed by atoms with Crippen LogP contribution in [0.5, 0.6) is 0 Å². The van der Waals surface area contributed by atoms with E-state index in [9.17, 15) is 19.5 Å². The van der Waals surface area contributed by atoms with Crippen LogP contribution < -0.4 is 21.7 Å². The number of fused-ring (bicyclic) bond motifs is 4. The number of anilines is 2. The number of carboxylic acids is 1. The third-order valence-corrected chi connectivity index (χ3v) is 6.40. The van der Waals surface area contributed by atoms with Gasteiger partial charge in [-0.1, -0.05) is 12.1 Å². The van der Waals surface area contributed by atoms with Crippen LogP contribution in [-0.4, -0.2) is 32.6 Å². The Morgan fingerprint density at radius 1 is 1.17 bits per heavy atom. The van der Waals surface area contributed by atoms with Gasteiger partial charge in [0.25, 0.3) is 11.5 Å². The lowest BCUT2D eigenvalue weighted by Crippen LogP contribution is -2.52. The summed E-state index contributed by atoms with van der Waals surface area (Å²) in [6.45, 7) is -0.213. The van der Waals surface area contributed by atoms with Crippen molar-refractivity contribution in [1.82, 2.24) is 9.55 Å². The van der Waals surface area contributed by atoms with Gasteiger partial charge in [0.2, 0.25) is 0 Å². The Hall–Kier alpha value is -4.90. The van der Waals surface area contributed by atoms with E-state index < -0.39 is 29.3 Å². The lowest BCUT2D eigenvalue weighted by molar-refractivity contribution is -0.119. The maximum Gasteiger partial charge on any atom is 0.353 e. The van der Waals surface area contributed by atoms with E-state index in [0.717, 1.165) is 5.01 Å². The highest BCUT2D eigenvalue weighted by molar-refractivity contribution is 6.17. The van der Waals surface area contributed by atoms with Gasteiger partial charge in [-0.25, -0.2) is 20.0 Å². The number of rotatable bonds is 4. The summed E-state index contributed by atoms with van der Waals surface area (Å²) in [5, 5.41) is 14.8. The van der Waals surface area contributed by atoms with Crippen LogP contribution >= 0.6 is 0 Å². The van der Waals surface area contributed by atoms with Gasteiger partial charge in [0.1, 0.15) is 23.1 Å². The summed E-state index contributed by atoms with van der Waals surface area (Å²) in [5.41, 5.74) is 0.607. The lowest BCUT2D eigenvalue weighted by Gasteiger charge is -2.32. The third kappa shape index (κ3) is 3.03. The molecule has 0 saturated heterocycles. The van der Waals surface area contributed by atoms with Crippen LogP contribution in [0, 0.1) is 5.82 Å². The van der Waals surface area contributed by atoms with E-state index in [4.69, 9.17) is 10.3 Å². The highest BCUT2D eigenvalue weighted by Gasteiger charge is 2.35. The first kappa shape index (κ1) is 21.6. The fourth-order valence-corrected chi connectivity index (χ4v) is 4.85. The number of nitrogens with zero attached hydrogens (tertiary/aromatic N) is 2.